The van der Waals surface area contributed by atoms with E-state index in [1.165, 1.54) is 22.0 Å². The number of nitrogens with zero attached hydrogens (tertiary/aromatic N) is 1. The molecule has 0 saturated carbocycles. The molecule has 0 saturated heterocycles. The van der Waals surface area contributed by atoms with Gasteiger partial charge in [0.1, 0.15) is 0 Å². The Morgan fingerprint density at radius 1 is 1.10 bits per heavy atom. The molecule has 0 aliphatic heterocycles. The van der Waals surface area contributed by atoms with E-state index in [1.54, 1.807) is 6.07 Å². The number of amides is 1. The minimum Gasteiger partial charge on any atom is -0.366 e. The van der Waals surface area contributed by atoms with Crippen molar-refractivity contribution in [1.29, 1.82) is 0 Å². The zero-order valence-electron chi connectivity index (χ0n) is 12.3. The summed E-state index contributed by atoms with van der Waals surface area (Å²) < 4.78 is 2.23. The highest BCUT2D eigenvalue weighted by Crippen LogP contribution is 2.21. The van der Waals surface area contributed by atoms with Crippen LogP contribution in [0.15, 0.2) is 48.7 Å². The van der Waals surface area contributed by atoms with Gasteiger partial charge >= 0.3 is 0 Å². The van der Waals surface area contributed by atoms with Gasteiger partial charge in [-0.3, -0.25) is 4.79 Å². The van der Waals surface area contributed by atoms with Crippen LogP contribution in [0.1, 0.15) is 27.0 Å². The summed E-state index contributed by atoms with van der Waals surface area (Å²) in [5, 5.41) is 1.28. The van der Waals surface area contributed by atoms with Crippen LogP contribution in [0, 0.1) is 13.8 Å². The molecule has 3 aromatic rings. The molecule has 0 atom stereocenters. The van der Waals surface area contributed by atoms with Crippen molar-refractivity contribution in [2.24, 2.45) is 5.73 Å². The predicted molar refractivity (Wildman–Crippen MR) is 85.5 cm³/mol. The van der Waals surface area contributed by atoms with E-state index in [0.717, 1.165) is 12.1 Å². The molecule has 1 aromatic heterocycles. The Labute approximate surface area is 124 Å². The van der Waals surface area contributed by atoms with Gasteiger partial charge < -0.3 is 10.3 Å². The van der Waals surface area contributed by atoms with Crippen LogP contribution >= 0.6 is 0 Å². The second kappa shape index (κ2) is 5.09. The third kappa shape index (κ3) is 2.42. The minimum absolute atomic E-state index is 0.383. The average molecular weight is 278 g/mol. The van der Waals surface area contributed by atoms with Gasteiger partial charge in [-0.15, -0.1) is 0 Å². The summed E-state index contributed by atoms with van der Waals surface area (Å²) in [7, 11) is 0. The van der Waals surface area contributed by atoms with Crippen molar-refractivity contribution in [3.05, 3.63) is 70.9 Å². The molecule has 1 heterocycles. The zero-order chi connectivity index (χ0) is 15.0. The molecule has 0 spiro atoms. The monoisotopic (exact) mass is 278 g/mol. The molecule has 0 aliphatic carbocycles. The molecule has 0 fully saturated rings. The number of hydrogen-bond acceptors (Lipinski definition) is 1. The van der Waals surface area contributed by atoms with E-state index in [-0.39, 0.29) is 5.91 Å². The number of nitrogens with two attached hydrogens (primary N) is 1. The summed E-state index contributed by atoms with van der Waals surface area (Å²) in [5.41, 5.74) is 10.7. The number of carbonyl (C=O) groups is 1. The van der Waals surface area contributed by atoms with Gasteiger partial charge in [-0.05, 0) is 54.8 Å². The van der Waals surface area contributed by atoms with Crippen molar-refractivity contribution in [1.82, 2.24) is 4.57 Å². The van der Waals surface area contributed by atoms with Crippen molar-refractivity contribution in [3.8, 4) is 0 Å². The highest BCUT2D eigenvalue weighted by molar-refractivity contribution is 5.93. The van der Waals surface area contributed by atoms with Crippen LogP contribution in [0.2, 0.25) is 0 Å². The smallest absolute Gasteiger partial charge is 0.248 e. The summed E-state index contributed by atoms with van der Waals surface area (Å²) in [6.07, 6.45) is 2.11. The highest BCUT2D eigenvalue weighted by atomic mass is 16.1. The Morgan fingerprint density at radius 2 is 1.90 bits per heavy atom. The SMILES string of the molecule is Cc1cc(C(N)=O)ccc1Cn1ccc2c(C)cccc21. The largest absolute Gasteiger partial charge is 0.366 e. The number of benzene rings is 2. The van der Waals surface area contributed by atoms with Crippen LogP contribution < -0.4 is 5.73 Å². The van der Waals surface area contributed by atoms with Crippen LogP contribution in [0.25, 0.3) is 10.9 Å². The summed E-state index contributed by atoms with van der Waals surface area (Å²) >= 11 is 0. The number of aromatic nitrogens is 1. The number of rotatable bonds is 3. The molecule has 0 radical (unpaired) electrons. The van der Waals surface area contributed by atoms with E-state index in [2.05, 4.69) is 42.0 Å². The van der Waals surface area contributed by atoms with Gasteiger partial charge in [0.05, 0.1) is 0 Å². The lowest BCUT2D eigenvalue weighted by Gasteiger charge is -2.10. The molecule has 0 aliphatic rings. The Bertz CT molecular complexity index is 830. The maximum Gasteiger partial charge on any atom is 0.248 e. The zero-order valence-corrected chi connectivity index (χ0v) is 12.3. The molecule has 0 bridgehead atoms. The Kier molecular flexibility index (Phi) is 3.26. The number of carbonyl (C=O) groups excluding carboxylic acids is 1. The first kappa shape index (κ1) is 13.4. The molecule has 21 heavy (non-hydrogen) atoms. The van der Waals surface area contributed by atoms with Crippen molar-refractivity contribution >= 4 is 16.8 Å². The standard InChI is InChI=1S/C18H18N2O/c1-12-4-3-5-17-16(12)8-9-20(17)11-15-7-6-14(18(19)21)10-13(15)2/h3-10H,11H2,1-2H3,(H2,19,21). The lowest BCUT2D eigenvalue weighted by Crippen LogP contribution is -2.11. The summed E-state index contributed by atoms with van der Waals surface area (Å²) in [5.74, 6) is -0.383. The lowest BCUT2D eigenvalue weighted by molar-refractivity contribution is 0.1000. The van der Waals surface area contributed by atoms with E-state index < -0.39 is 0 Å². The van der Waals surface area contributed by atoms with E-state index in [0.29, 0.717) is 5.56 Å². The highest BCUT2D eigenvalue weighted by Gasteiger charge is 2.07. The first-order chi connectivity index (χ1) is 10.1. The van der Waals surface area contributed by atoms with Gasteiger partial charge in [-0.1, -0.05) is 18.2 Å². The second-order valence-corrected chi connectivity index (χ2v) is 5.46. The molecular weight excluding hydrogens is 260 g/mol. The fraction of sp³-hybridized carbons (Fsp3) is 0.167. The quantitative estimate of drug-likeness (QED) is 0.784. The summed E-state index contributed by atoms with van der Waals surface area (Å²) in [6, 6.07) is 14.1. The first-order valence-electron chi connectivity index (χ1n) is 7.00. The number of fused-ring (bicyclic) bond motifs is 1. The van der Waals surface area contributed by atoms with Crippen molar-refractivity contribution in [3.63, 3.8) is 0 Å². The minimum atomic E-state index is -0.383. The van der Waals surface area contributed by atoms with Gasteiger partial charge in [0.25, 0.3) is 0 Å². The number of primary amides is 1. The second-order valence-electron chi connectivity index (χ2n) is 5.46. The van der Waals surface area contributed by atoms with Gasteiger partial charge in [0.15, 0.2) is 0 Å². The maximum absolute atomic E-state index is 11.2. The van der Waals surface area contributed by atoms with E-state index in [1.807, 2.05) is 19.1 Å². The van der Waals surface area contributed by atoms with E-state index in [4.69, 9.17) is 5.73 Å². The Hall–Kier alpha value is -2.55. The molecule has 3 nitrogen and oxygen atoms in total. The van der Waals surface area contributed by atoms with Crippen molar-refractivity contribution < 1.29 is 4.79 Å². The first-order valence-corrected chi connectivity index (χ1v) is 7.00. The van der Waals surface area contributed by atoms with Crippen LogP contribution in [0.5, 0.6) is 0 Å². The fourth-order valence-corrected chi connectivity index (χ4v) is 2.73. The van der Waals surface area contributed by atoms with Crippen molar-refractivity contribution in [2.75, 3.05) is 0 Å². The Balaban J connectivity index is 1.99. The van der Waals surface area contributed by atoms with E-state index in [9.17, 15) is 4.79 Å². The third-order valence-electron chi connectivity index (χ3n) is 4.00. The third-order valence-corrected chi connectivity index (χ3v) is 4.00. The van der Waals surface area contributed by atoms with Gasteiger partial charge in [-0.25, -0.2) is 0 Å². The molecule has 2 aromatic carbocycles. The van der Waals surface area contributed by atoms with E-state index >= 15 is 0 Å². The van der Waals surface area contributed by atoms with Gasteiger partial charge in [0.2, 0.25) is 5.91 Å². The van der Waals surface area contributed by atoms with Crippen LogP contribution in [-0.2, 0) is 6.54 Å². The molecular formula is C18H18N2O. The molecule has 1 amide bonds. The van der Waals surface area contributed by atoms with Crippen LogP contribution in [0.3, 0.4) is 0 Å². The molecule has 3 heteroatoms. The summed E-state index contributed by atoms with van der Waals surface area (Å²) in [6.45, 7) is 4.93. The number of aryl methyl sites for hydroxylation is 2. The normalized spacial score (nSPS) is 11.0. The Morgan fingerprint density at radius 3 is 2.62 bits per heavy atom. The summed E-state index contributed by atoms with van der Waals surface area (Å²) in [4.78, 5) is 11.2. The van der Waals surface area contributed by atoms with Crippen LogP contribution in [-0.4, -0.2) is 10.5 Å². The number of hydrogen-bond donors (Lipinski definition) is 1. The van der Waals surface area contributed by atoms with Crippen LogP contribution in [0.4, 0.5) is 0 Å². The molecule has 106 valence electrons. The van der Waals surface area contributed by atoms with Gasteiger partial charge in [-0.2, -0.15) is 0 Å². The maximum atomic E-state index is 11.2. The van der Waals surface area contributed by atoms with Crippen molar-refractivity contribution in [2.45, 2.75) is 20.4 Å². The fourth-order valence-electron chi connectivity index (χ4n) is 2.73. The molecule has 2 N–H and O–H groups in total. The topological polar surface area (TPSA) is 48.0 Å². The predicted octanol–water partition coefficient (Wildman–Crippen LogP) is 3.41. The van der Waals surface area contributed by atoms with Gasteiger partial charge in [0, 0.05) is 29.2 Å². The molecule has 0 unspecified atom stereocenters. The average Bonchev–Trinajstić information content (AvgIpc) is 2.85. The lowest BCUT2D eigenvalue weighted by atomic mass is 10.0. The molecule has 3 rings (SSSR count).